The second-order valence-corrected chi connectivity index (χ2v) is 16.7. The van der Waals surface area contributed by atoms with E-state index in [0.29, 0.717) is 0 Å². The molecule has 0 aromatic carbocycles. The van der Waals surface area contributed by atoms with E-state index in [1.165, 1.54) is 226 Å². The van der Waals surface area contributed by atoms with Crippen LogP contribution in [0.5, 0.6) is 0 Å². The molecule has 0 saturated carbocycles. The Hall–Kier alpha value is -3.04. The Kier molecular flexibility index (Phi) is 23.0. The summed E-state index contributed by atoms with van der Waals surface area (Å²) in [4.78, 5) is 0. The third-order valence-electron chi connectivity index (χ3n) is 11.8. The molecule has 4 aliphatic carbocycles. The van der Waals surface area contributed by atoms with Gasteiger partial charge in [-0.25, -0.2) is 0 Å². The summed E-state index contributed by atoms with van der Waals surface area (Å²) in [5, 5.41) is 0. The van der Waals surface area contributed by atoms with Crippen molar-refractivity contribution in [2.75, 3.05) is 0 Å². The fourth-order valence-electron chi connectivity index (χ4n) is 8.23. The van der Waals surface area contributed by atoms with Crippen LogP contribution in [0.3, 0.4) is 0 Å². The molecule has 0 nitrogen and oxygen atoms in total. The Labute approximate surface area is 334 Å². The van der Waals surface area contributed by atoms with E-state index in [4.69, 9.17) is 0 Å². The minimum atomic E-state index is 1.11. The summed E-state index contributed by atoms with van der Waals surface area (Å²) in [6.45, 7) is 4.60. The second kappa shape index (κ2) is 28.4. The van der Waals surface area contributed by atoms with Crippen molar-refractivity contribution in [3.05, 3.63) is 95.1 Å². The summed E-state index contributed by atoms with van der Waals surface area (Å²) in [7, 11) is 0. The zero-order valence-corrected chi connectivity index (χ0v) is 35.1. The highest BCUT2D eigenvalue weighted by molar-refractivity contribution is 5.73. The lowest BCUT2D eigenvalue weighted by Gasteiger charge is -2.03. The van der Waals surface area contributed by atoms with E-state index in [1.54, 1.807) is 0 Å². The third kappa shape index (κ3) is 18.5. The van der Waals surface area contributed by atoms with Gasteiger partial charge in [0, 0.05) is 11.1 Å². The molecule has 54 heavy (non-hydrogen) atoms. The molecule has 0 N–H and O–H groups in total. The van der Waals surface area contributed by atoms with Gasteiger partial charge in [-0.05, 0) is 83.3 Å². The van der Waals surface area contributed by atoms with E-state index >= 15 is 0 Å². The fraction of sp³-hybridized carbons (Fsp3) is 0.593. The standard InChI is InChI=1S/C54H78/c1-3-5-7-9-11-13-15-17-19-21-23-25-27-29-31-47-35-39-51-43-49(44-52(51)40-36-47)33-34-50-45-53-41-37-48(38-42-54(53)46-50)32-30-28-26-24-22-20-18-16-14-12-10-8-6-4-2/h35-46H,3-32H2,1-2H3. The average molecular weight is 727 g/mol. The van der Waals surface area contributed by atoms with Crippen molar-refractivity contribution in [3.63, 3.8) is 0 Å². The highest BCUT2D eigenvalue weighted by atomic mass is 14.1. The second-order valence-electron chi connectivity index (χ2n) is 16.7. The predicted octanol–water partition coefficient (Wildman–Crippen LogP) is 17.3. The van der Waals surface area contributed by atoms with Gasteiger partial charge in [0.25, 0.3) is 0 Å². The lowest BCUT2D eigenvalue weighted by molar-refractivity contribution is 0.535. The van der Waals surface area contributed by atoms with E-state index in [1.807, 2.05) is 0 Å². The molecule has 0 aliphatic heterocycles. The summed E-state index contributed by atoms with van der Waals surface area (Å²) < 4.78 is 0. The number of aryl methyl sites for hydroxylation is 2. The van der Waals surface area contributed by atoms with Crippen LogP contribution < -0.4 is 0 Å². The van der Waals surface area contributed by atoms with Crippen LogP contribution in [0.4, 0.5) is 0 Å². The van der Waals surface area contributed by atoms with E-state index in [0.717, 1.165) is 11.1 Å². The first-order valence-corrected chi connectivity index (χ1v) is 23.3. The molecule has 0 bridgehead atoms. The molecule has 0 aromatic heterocycles. The summed E-state index contributed by atoms with van der Waals surface area (Å²) >= 11 is 0. The lowest BCUT2D eigenvalue weighted by Crippen LogP contribution is -1.85. The van der Waals surface area contributed by atoms with Crippen LogP contribution in [-0.4, -0.2) is 0 Å². The summed E-state index contributed by atoms with van der Waals surface area (Å²) in [6.07, 6.45) is 42.0. The number of hydrogen-bond donors (Lipinski definition) is 0. The van der Waals surface area contributed by atoms with Crippen LogP contribution in [-0.2, 0) is 12.8 Å². The minimum absolute atomic E-state index is 1.11. The van der Waals surface area contributed by atoms with Crippen LogP contribution in [0, 0.1) is 11.8 Å². The molecule has 0 saturated heterocycles. The van der Waals surface area contributed by atoms with Gasteiger partial charge in [-0.2, -0.15) is 0 Å². The van der Waals surface area contributed by atoms with Crippen molar-refractivity contribution in [3.8, 4) is 34.1 Å². The van der Waals surface area contributed by atoms with Crippen LogP contribution in [0.2, 0.25) is 0 Å². The highest BCUT2D eigenvalue weighted by Gasteiger charge is 2.07. The van der Waals surface area contributed by atoms with Crippen LogP contribution in [0.1, 0.15) is 216 Å². The van der Waals surface area contributed by atoms with E-state index < -0.39 is 0 Å². The first-order valence-electron chi connectivity index (χ1n) is 23.3. The summed E-state index contributed by atoms with van der Waals surface area (Å²) in [5.74, 6) is 6.91. The van der Waals surface area contributed by atoms with Gasteiger partial charge in [0.2, 0.25) is 0 Å². The maximum Gasteiger partial charge on any atom is 0.0261 e. The zero-order chi connectivity index (χ0) is 37.7. The van der Waals surface area contributed by atoms with E-state index in [-0.39, 0.29) is 0 Å². The number of fused-ring (bicyclic) bond motifs is 2. The van der Waals surface area contributed by atoms with Crippen molar-refractivity contribution >= 4 is 0 Å². The van der Waals surface area contributed by atoms with Gasteiger partial charge in [0.15, 0.2) is 0 Å². The molecule has 0 amide bonds. The van der Waals surface area contributed by atoms with Gasteiger partial charge in [-0.3, -0.25) is 0 Å². The smallest absolute Gasteiger partial charge is 0.0261 e. The third-order valence-corrected chi connectivity index (χ3v) is 11.8. The molecule has 0 fully saturated rings. The minimum Gasteiger partial charge on any atom is -0.0654 e. The van der Waals surface area contributed by atoms with Crippen molar-refractivity contribution in [1.82, 2.24) is 0 Å². The van der Waals surface area contributed by atoms with Crippen LogP contribution in [0.15, 0.2) is 72.8 Å². The topological polar surface area (TPSA) is 0 Å². The quantitative estimate of drug-likeness (QED) is 0.0371. The first-order chi connectivity index (χ1) is 26.7. The largest absolute Gasteiger partial charge is 0.0654 e. The molecule has 0 radical (unpaired) electrons. The van der Waals surface area contributed by atoms with Crippen molar-refractivity contribution in [2.45, 2.75) is 206 Å². The predicted molar refractivity (Wildman–Crippen MR) is 240 cm³/mol. The Morgan fingerprint density at radius 2 is 0.500 bits per heavy atom. The normalized spacial score (nSPS) is 11.4. The molecular weight excluding hydrogens is 649 g/mol. The van der Waals surface area contributed by atoms with Crippen molar-refractivity contribution < 1.29 is 0 Å². The molecular formula is C54H78. The maximum absolute atomic E-state index is 3.46. The van der Waals surface area contributed by atoms with E-state index in [2.05, 4.69) is 98.5 Å². The Morgan fingerprint density at radius 3 is 0.741 bits per heavy atom. The molecule has 0 unspecified atom stereocenters. The first kappa shape index (κ1) is 43.7. The number of hydrogen-bond acceptors (Lipinski definition) is 0. The maximum atomic E-state index is 3.46. The molecule has 0 spiro atoms. The fourth-order valence-corrected chi connectivity index (χ4v) is 8.23. The molecule has 4 aliphatic rings. The molecule has 0 aromatic rings. The summed E-state index contributed by atoms with van der Waals surface area (Å²) in [5.41, 5.74) is 10.3. The number of unbranched alkanes of at least 4 members (excludes halogenated alkanes) is 26. The van der Waals surface area contributed by atoms with Gasteiger partial charge in [0.1, 0.15) is 0 Å². The number of rotatable bonds is 30. The SMILES string of the molecule is CCCCCCCCCCCCCCCCc1ccc2cc(C#Cc3cc4ccc(CCCCCCCCCCCCCCCC)ccc-4c3)cc-2cc1. The van der Waals surface area contributed by atoms with Gasteiger partial charge in [0.05, 0.1) is 0 Å². The summed E-state index contributed by atoms with van der Waals surface area (Å²) in [6, 6.07) is 27.5. The van der Waals surface area contributed by atoms with Crippen LogP contribution >= 0.6 is 0 Å². The monoisotopic (exact) mass is 727 g/mol. The van der Waals surface area contributed by atoms with Crippen molar-refractivity contribution in [1.29, 1.82) is 0 Å². The van der Waals surface area contributed by atoms with Gasteiger partial charge < -0.3 is 0 Å². The lowest BCUT2D eigenvalue weighted by atomic mass is 10.0. The zero-order valence-electron chi connectivity index (χ0n) is 35.1. The van der Waals surface area contributed by atoms with Gasteiger partial charge in [-0.15, -0.1) is 0 Å². The van der Waals surface area contributed by atoms with Gasteiger partial charge in [-0.1, -0.05) is 241 Å². The van der Waals surface area contributed by atoms with E-state index in [9.17, 15) is 0 Å². The Balaban J connectivity index is 1.08. The van der Waals surface area contributed by atoms with Gasteiger partial charge >= 0.3 is 0 Å². The Morgan fingerprint density at radius 1 is 0.278 bits per heavy atom. The molecule has 0 heterocycles. The highest BCUT2D eigenvalue weighted by Crippen LogP contribution is 2.28. The molecule has 0 heteroatoms. The van der Waals surface area contributed by atoms with Crippen LogP contribution in [0.25, 0.3) is 22.3 Å². The molecule has 0 atom stereocenters. The average Bonchev–Trinajstić information content (AvgIpc) is 3.65. The Bertz CT molecular complexity index is 1330. The molecule has 4 rings (SSSR count). The molecule has 294 valence electrons. The van der Waals surface area contributed by atoms with Crippen molar-refractivity contribution in [2.24, 2.45) is 0 Å².